The van der Waals surface area contributed by atoms with Crippen LogP contribution in [0.5, 0.6) is 0 Å². The third-order valence-electron chi connectivity index (χ3n) is 3.59. The van der Waals surface area contributed by atoms with Gasteiger partial charge in [-0.1, -0.05) is 19.9 Å². The molecule has 2 N–H and O–H groups in total. The number of nitrogens with zero attached hydrogens (tertiary/aromatic N) is 2. The quantitative estimate of drug-likeness (QED) is 0.583. The highest BCUT2D eigenvalue weighted by Gasteiger charge is 2.38. The van der Waals surface area contributed by atoms with Crippen molar-refractivity contribution in [1.29, 1.82) is 5.41 Å². The van der Waals surface area contributed by atoms with Crippen molar-refractivity contribution < 1.29 is 4.79 Å². The number of carbonyl (C=O) groups is 1. The van der Waals surface area contributed by atoms with Crippen molar-refractivity contribution in [3.8, 4) is 0 Å². The Balaban J connectivity index is 2.69. The molecule has 0 radical (unpaired) electrons. The van der Waals surface area contributed by atoms with Crippen LogP contribution in [0.1, 0.15) is 26.7 Å². The molecule has 0 aliphatic carbocycles. The van der Waals surface area contributed by atoms with Gasteiger partial charge in [0.25, 0.3) is 0 Å². The maximum atomic E-state index is 12.5. The molecule has 0 aromatic heterocycles. The lowest BCUT2D eigenvalue weighted by atomic mass is 9.80. The van der Waals surface area contributed by atoms with Gasteiger partial charge in [0.15, 0.2) is 0 Å². The monoisotopic (exact) mass is 264 g/mol. The van der Waals surface area contributed by atoms with Gasteiger partial charge < -0.3 is 10.2 Å². The first-order valence-electron chi connectivity index (χ1n) is 6.66. The summed E-state index contributed by atoms with van der Waals surface area (Å²) in [6.45, 7) is 5.67. The van der Waals surface area contributed by atoms with Gasteiger partial charge in [-0.25, -0.2) is 4.99 Å². The molecule has 0 saturated carbocycles. The van der Waals surface area contributed by atoms with E-state index in [2.05, 4.69) is 24.2 Å². The molecule has 5 heteroatoms. The van der Waals surface area contributed by atoms with Crippen LogP contribution in [0.15, 0.2) is 17.1 Å². The van der Waals surface area contributed by atoms with E-state index in [1.807, 2.05) is 18.0 Å². The average Bonchev–Trinajstić information content (AvgIpc) is 2.46. The van der Waals surface area contributed by atoms with E-state index in [9.17, 15) is 4.79 Å². The van der Waals surface area contributed by atoms with Gasteiger partial charge in [0.05, 0.1) is 6.04 Å². The number of amides is 1. The van der Waals surface area contributed by atoms with E-state index in [0.29, 0.717) is 6.54 Å². The molecule has 1 fully saturated rings. The number of nitrogens with one attached hydrogen (secondary N) is 2. The van der Waals surface area contributed by atoms with Gasteiger partial charge in [-0.15, -0.1) is 0 Å². The maximum absolute atomic E-state index is 12.5. The van der Waals surface area contributed by atoms with Crippen LogP contribution in [0.25, 0.3) is 0 Å². The number of allylic oxidation sites excluding steroid dienone is 1. The summed E-state index contributed by atoms with van der Waals surface area (Å²) in [6.07, 6.45) is 8.27. The number of rotatable bonds is 5. The van der Waals surface area contributed by atoms with Gasteiger partial charge in [-0.05, 0) is 31.4 Å². The smallest absolute Gasteiger partial charge is 0.240 e. The minimum absolute atomic E-state index is 0.00800. The van der Waals surface area contributed by atoms with E-state index in [4.69, 9.17) is 5.41 Å². The zero-order valence-corrected chi connectivity index (χ0v) is 12.0. The molecule has 1 amide bonds. The Morgan fingerprint density at radius 2 is 2.32 bits per heavy atom. The third-order valence-corrected chi connectivity index (χ3v) is 3.59. The van der Waals surface area contributed by atoms with Gasteiger partial charge >= 0.3 is 0 Å². The minimum Gasteiger partial charge on any atom is -0.338 e. The molecule has 0 aromatic carbocycles. The van der Waals surface area contributed by atoms with Gasteiger partial charge in [0.2, 0.25) is 5.91 Å². The fraction of sp³-hybridized carbons (Fsp3) is 0.643. The fourth-order valence-electron chi connectivity index (χ4n) is 2.53. The van der Waals surface area contributed by atoms with Crippen LogP contribution in [0.3, 0.4) is 0 Å². The Labute approximate surface area is 115 Å². The minimum atomic E-state index is -0.126. The molecule has 19 heavy (non-hydrogen) atoms. The lowest BCUT2D eigenvalue weighted by Crippen LogP contribution is -2.50. The van der Waals surface area contributed by atoms with Gasteiger partial charge in [0.1, 0.15) is 6.34 Å². The van der Waals surface area contributed by atoms with Crippen LogP contribution in [0.4, 0.5) is 0 Å². The molecule has 1 unspecified atom stereocenters. The highest BCUT2D eigenvalue weighted by Crippen LogP contribution is 2.30. The number of hydrogen-bond donors (Lipinski definition) is 2. The predicted octanol–water partition coefficient (Wildman–Crippen LogP) is 1.46. The standard InChI is InChI=1S/C14H24N4O/c1-14(2)7-6-10-18(13(19)12(14)16-3)9-5-4-8-17-11-15/h4-5,8,11-12,15-16H,6-7,9-10H2,1-3H3/b5-4+,15-11?,17-8-. The summed E-state index contributed by atoms with van der Waals surface area (Å²) in [5, 5.41) is 9.91. The van der Waals surface area contributed by atoms with E-state index in [1.54, 1.807) is 12.3 Å². The van der Waals surface area contributed by atoms with Crippen molar-refractivity contribution >= 4 is 18.5 Å². The first-order chi connectivity index (χ1) is 9.03. The second kappa shape index (κ2) is 7.19. The highest BCUT2D eigenvalue weighted by atomic mass is 16.2. The van der Waals surface area contributed by atoms with E-state index in [1.165, 1.54) is 0 Å². The summed E-state index contributed by atoms with van der Waals surface area (Å²) >= 11 is 0. The van der Waals surface area contributed by atoms with Crippen molar-refractivity contribution in [1.82, 2.24) is 10.2 Å². The van der Waals surface area contributed by atoms with Gasteiger partial charge in [-0.3, -0.25) is 10.2 Å². The van der Waals surface area contributed by atoms with E-state index < -0.39 is 0 Å². The number of likely N-dealkylation sites (tertiary alicyclic amines) is 1. The summed E-state index contributed by atoms with van der Waals surface area (Å²) in [7, 11) is 1.85. The summed E-state index contributed by atoms with van der Waals surface area (Å²) < 4.78 is 0. The molecule has 1 atom stereocenters. The average molecular weight is 264 g/mol. The second-order valence-corrected chi connectivity index (χ2v) is 5.45. The predicted molar refractivity (Wildman–Crippen MR) is 78.9 cm³/mol. The Kier molecular flexibility index (Phi) is 5.89. The first kappa shape index (κ1) is 15.6. The maximum Gasteiger partial charge on any atom is 0.240 e. The van der Waals surface area contributed by atoms with Crippen molar-refractivity contribution in [2.45, 2.75) is 32.7 Å². The number of likely N-dealkylation sites (N-methyl/N-ethyl adjacent to an activating group) is 1. The Morgan fingerprint density at radius 3 is 2.95 bits per heavy atom. The Bertz CT molecular complexity index is 374. The van der Waals surface area contributed by atoms with Crippen LogP contribution < -0.4 is 5.32 Å². The molecule has 106 valence electrons. The van der Waals surface area contributed by atoms with Crippen LogP contribution in [0.2, 0.25) is 0 Å². The number of hydrogen-bond acceptors (Lipinski definition) is 3. The molecular formula is C14H24N4O. The van der Waals surface area contributed by atoms with E-state index in [0.717, 1.165) is 25.7 Å². The Hall–Kier alpha value is -1.49. The summed E-state index contributed by atoms with van der Waals surface area (Å²) in [5.74, 6) is 0.165. The van der Waals surface area contributed by atoms with Crippen LogP contribution in [-0.4, -0.2) is 49.5 Å². The molecular weight excluding hydrogens is 240 g/mol. The number of carbonyl (C=O) groups excluding carboxylic acids is 1. The van der Waals surface area contributed by atoms with Crippen LogP contribution in [-0.2, 0) is 4.79 Å². The molecule has 1 rings (SSSR count). The molecule has 1 saturated heterocycles. The topological polar surface area (TPSA) is 68.6 Å². The van der Waals surface area contributed by atoms with E-state index >= 15 is 0 Å². The molecule has 0 bridgehead atoms. The molecule has 1 heterocycles. The molecule has 5 nitrogen and oxygen atoms in total. The molecule has 0 spiro atoms. The zero-order valence-electron chi connectivity index (χ0n) is 12.0. The second-order valence-electron chi connectivity index (χ2n) is 5.45. The lowest BCUT2D eigenvalue weighted by Gasteiger charge is -2.32. The zero-order chi connectivity index (χ0) is 14.3. The molecule has 1 aliphatic rings. The van der Waals surface area contributed by atoms with E-state index in [-0.39, 0.29) is 17.4 Å². The van der Waals surface area contributed by atoms with Crippen molar-refractivity contribution in [2.75, 3.05) is 20.1 Å². The lowest BCUT2D eigenvalue weighted by molar-refractivity contribution is -0.134. The normalized spacial score (nSPS) is 24.1. The summed E-state index contributed by atoms with van der Waals surface area (Å²) in [6, 6.07) is -0.126. The highest BCUT2D eigenvalue weighted by molar-refractivity contribution is 5.83. The van der Waals surface area contributed by atoms with Gasteiger partial charge in [0, 0.05) is 19.3 Å². The van der Waals surface area contributed by atoms with Crippen molar-refractivity contribution in [2.24, 2.45) is 10.4 Å². The first-order valence-corrected chi connectivity index (χ1v) is 6.66. The van der Waals surface area contributed by atoms with Crippen LogP contribution >= 0.6 is 0 Å². The molecule has 0 aromatic rings. The number of aliphatic imine (C=N–C) groups is 1. The third kappa shape index (κ3) is 4.28. The SMILES string of the molecule is CNC1C(=O)N(C/C=C/C=N\C=N)CCCC1(C)C. The van der Waals surface area contributed by atoms with Crippen molar-refractivity contribution in [3.63, 3.8) is 0 Å². The van der Waals surface area contributed by atoms with Gasteiger partial charge in [-0.2, -0.15) is 0 Å². The summed E-state index contributed by atoms with van der Waals surface area (Å²) in [4.78, 5) is 18.0. The largest absolute Gasteiger partial charge is 0.338 e. The summed E-state index contributed by atoms with van der Waals surface area (Å²) in [5.41, 5.74) is -0.00800. The van der Waals surface area contributed by atoms with Crippen molar-refractivity contribution in [3.05, 3.63) is 12.2 Å². The van der Waals surface area contributed by atoms with Crippen LogP contribution in [0, 0.1) is 10.8 Å². The fourth-order valence-corrected chi connectivity index (χ4v) is 2.53. The Morgan fingerprint density at radius 1 is 1.58 bits per heavy atom. The molecule has 1 aliphatic heterocycles.